The molecule has 0 aliphatic carbocycles. The average Bonchev–Trinajstić information content (AvgIpc) is 2.76. The van der Waals surface area contributed by atoms with Gasteiger partial charge in [0.05, 0.1) is 14.2 Å². The number of nitrogens with zero attached hydrogens (tertiary/aromatic N) is 3. The quantitative estimate of drug-likeness (QED) is 0.429. The minimum Gasteiger partial charge on any atom is -0.493 e. The van der Waals surface area contributed by atoms with E-state index in [1.165, 1.54) is 6.08 Å². The number of aromatic nitrogens is 3. The largest absolute Gasteiger partial charge is 0.493 e. The summed E-state index contributed by atoms with van der Waals surface area (Å²) >= 11 is 0. The Hall–Kier alpha value is -4.14. The van der Waals surface area contributed by atoms with Gasteiger partial charge < -0.3 is 25.3 Å². The second-order valence-electron chi connectivity index (χ2n) is 5.98. The van der Waals surface area contributed by atoms with Gasteiger partial charge in [0, 0.05) is 11.8 Å². The fourth-order valence-corrected chi connectivity index (χ4v) is 2.51. The van der Waals surface area contributed by atoms with Gasteiger partial charge >= 0.3 is 5.97 Å². The molecule has 3 rings (SSSR count). The van der Waals surface area contributed by atoms with E-state index in [0.29, 0.717) is 11.5 Å². The smallest absolute Gasteiger partial charge is 0.331 e. The van der Waals surface area contributed by atoms with E-state index in [1.54, 1.807) is 38.5 Å². The number of carbonyl (C=O) groups excluding carboxylic acids is 1. The summed E-state index contributed by atoms with van der Waals surface area (Å²) in [6.45, 7) is -0.148. The molecule has 0 fully saturated rings. The predicted octanol–water partition coefficient (Wildman–Crippen LogP) is 2.97. The number of esters is 1. The van der Waals surface area contributed by atoms with Crippen LogP contribution in [0.3, 0.4) is 0 Å². The second-order valence-corrected chi connectivity index (χ2v) is 5.98. The summed E-state index contributed by atoms with van der Waals surface area (Å²) in [4.78, 5) is 24.3. The number of benzene rings is 2. The summed E-state index contributed by atoms with van der Waals surface area (Å²) < 4.78 is 15.6. The van der Waals surface area contributed by atoms with Gasteiger partial charge in [-0.2, -0.15) is 15.0 Å². The first-order chi connectivity index (χ1) is 14.6. The highest BCUT2D eigenvalue weighted by molar-refractivity contribution is 5.87. The van der Waals surface area contributed by atoms with Crippen LogP contribution < -0.4 is 20.5 Å². The van der Waals surface area contributed by atoms with Gasteiger partial charge in [-0.3, -0.25) is 0 Å². The fraction of sp³-hybridized carbons (Fsp3) is 0.143. The standard InChI is InChI=1S/C21H21N5O4/c1-28-16-10-8-14(12-17(16)29-2)9-11-19(27)30-13-18-24-20(22)26-21(25-18)23-15-6-4-3-5-7-15/h3-12H,13H2,1-2H3,(H3,22,23,24,25,26)/b11-9+. The maximum atomic E-state index is 12.0. The molecule has 0 amide bonds. The van der Waals surface area contributed by atoms with Crippen LogP contribution in [0.15, 0.2) is 54.6 Å². The number of nitrogens with one attached hydrogen (secondary N) is 1. The van der Waals surface area contributed by atoms with Crippen molar-refractivity contribution in [1.29, 1.82) is 0 Å². The van der Waals surface area contributed by atoms with Gasteiger partial charge in [-0.1, -0.05) is 24.3 Å². The van der Waals surface area contributed by atoms with Crippen molar-refractivity contribution in [3.63, 3.8) is 0 Å². The molecule has 154 valence electrons. The zero-order chi connectivity index (χ0) is 21.3. The number of hydrogen-bond donors (Lipinski definition) is 2. The van der Waals surface area contributed by atoms with E-state index in [0.717, 1.165) is 11.3 Å². The Morgan fingerprint density at radius 3 is 2.53 bits per heavy atom. The maximum absolute atomic E-state index is 12.0. The van der Waals surface area contributed by atoms with E-state index in [9.17, 15) is 4.79 Å². The minimum absolute atomic E-state index is 0.0235. The van der Waals surface area contributed by atoms with E-state index >= 15 is 0 Å². The Balaban J connectivity index is 1.61. The molecule has 0 aliphatic heterocycles. The molecule has 1 aromatic heterocycles. The molecule has 30 heavy (non-hydrogen) atoms. The number of carbonyl (C=O) groups is 1. The highest BCUT2D eigenvalue weighted by Crippen LogP contribution is 2.28. The van der Waals surface area contributed by atoms with Crippen LogP contribution in [-0.2, 0) is 16.1 Å². The van der Waals surface area contributed by atoms with E-state index in [1.807, 2.05) is 30.3 Å². The van der Waals surface area contributed by atoms with E-state index in [2.05, 4.69) is 20.3 Å². The summed E-state index contributed by atoms with van der Waals surface area (Å²) in [5, 5.41) is 3.02. The molecule has 2 aromatic carbocycles. The normalized spacial score (nSPS) is 10.6. The topological polar surface area (TPSA) is 121 Å². The Bertz CT molecular complexity index is 1040. The van der Waals surface area contributed by atoms with Crippen molar-refractivity contribution >= 4 is 29.6 Å². The van der Waals surface area contributed by atoms with Gasteiger partial charge in [-0.05, 0) is 35.9 Å². The van der Waals surface area contributed by atoms with Crippen molar-refractivity contribution < 1.29 is 19.0 Å². The van der Waals surface area contributed by atoms with Crippen molar-refractivity contribution in [2.75, 3.05) is 25.3 Å². The third-order valence-corrected chi connectivity index (χ3v) is 3.89. The monoisotopic (exact) mass is 407 g/mol. The number of hydrogen-bond acceptors (Lipinski definition) is 9. The van der Waals surface area contributed by atoms with E-state index < -0.39 is 5.97 Å². The zero-order valence-corrected chi connectivity index (χ0v) is 16.5. The third kappa shape index (κ3) is 5.68. The molecular weight excluding hydrogens is 386 g/mol. The fourth-order valence-electron chi connectivity index (χ4n) is 2.51. The summed E-state index contributed by atoms with van der Waals surface area (Å²) in [5.41, 5.74) is 7.27. The molecule has 0 saturated carbocycles. The molecule has 3 N–H and O–H groups in total. The predicted molar refractivity (Wildman–Crippen MR) is 112 cm³/mol. The molecule has 0 radical (unpaired) electrons. The number of nitrogens with two attached hydrogens (primary N) is 1. The summed E-state index contributed by atoms with van der Waals surface area (Å²) in [5.74, 6) is 1.13. The van der Waals surface area contributed by atoms with E-state index in [-0.39, 0.29) is 24.3 Å². The first-order valence-corrected chi connectivity index (χ1v) is 8.96. The lowest BCUT2D eigenvalue weighted by molar-refractivity contribution is -0.139. The van der Waals surface area contributed by atoms with Crippen molar-refractivity contribution in [3.8, 4) is 11.5 Å². The first-order valence-electron chi connectivity index (χ1n) is 8.96. The molecule has 0 bridgehead atoms. The summed E-state index contributed by atoms with van der Waals surface area (Å²) in [6, 6.07) is 14.7. The van der Waals surface area contributed by atoms with Crippen LogP contribution in [0, 0.1) is 0 Å². The van der Waals surface area contributed by atoms with Gasteiger partial charge in [0.2, 0.25) is 11.9 Å². The minimum atomic E-state index is -0.554. The lowest BCUT2D eigenvalue weighted by Gasteiger charge is -2.08. The molecule has 0 saturated heterocycles. The lowest BCUT2D eigenvalue weighted by Crippen LogP contribution is -2.10. The molecule has 0 atom stereocenters. The second kappa shape index (κ2) is 9.87. The highest BCUT2D eigenvalue weighted by Gasteiger charge is 2.08. The van der Waals surface area contributed by atoms with Crippen LogP contribution in [0.4, 0.5) is 17.6 Å². The number of ether oxygens (including phenoxy) is 3. The van der Waals surface area contributed by atoms with Crippen LogP contribution in [-0.4, -0.2) is 35.1 Å². The molecule has 1 heterocycles. The Morgan fingerprint density at radius 2 is 1.80 bits per heavy atom. The molecule has 0 aliphatic rings. The molecule has 3 aromatic rings. The number of methoxy groups -OCH3 is 2. The van der Waals surface area contributed by atoms with Gasteiger partial charge in [-0.15, -0.1) is 0 Å². The van der Waals surface area contributed by atoms with E-state index in [4.69, 9.17) is 19.9 Å². The first kappa shape index (κ1) is 20.6. The molecular formula is C21H21N5O4. The Morgan fingerprint density at radius 1 is 1.03 bits per heavy atom. The highest BCUT2D eigenvalue weighted by atomic mass is 16.5. The number of anilines is 3. The van der Waals surface area contributed by atoms with Crippen molar-refractivity contribution in [2.45, 2.75) is 6.61 Å². The zero-order valence-electron chi connectivity index (χ0n) is 16.5. The van der Waals surface area contributed by atoms with Crippen LogP contribution in [0.2, 0.25) is 0 Å². The van der Waals surface area contributed by atoms with Crippen LogP contribution in [0.1, 0.15) is 11.4 Å². The number of nitrogen functional groups attached to an aromatic ring is 1. The van der Waals surface area contributed by atoms with Gasteiger partial charge in [-0.25, -0.2) is 4.79 Å². The maximum Gasteiger partial charge on any atom is 0.331 e. The summed E-state index contributed by atoms with van der Waals surface area (Å²) in [7, 11) is 3.10. The molecule has 0 spiro atoms. The van der Waals surface area contributed by atoms with Crippen molar-refractivity contribution in [3.05, 3.63) is 66.0 Å². The van der Waals surface area contributed by atoms with Gasteiger partial charge in [0.25, 0.3) is 0 Å². The summed E-state index contributed by atoms with van der Waals surface area (Å²) in [6.07, 6.45) is 2.91. The number of para-hydroxylation sites is 1. The van der Waals surface area contributed by atoms with Crippen LogP contribution in [0.25, 0.3) is 6.08 Å². The molecule has 9 heteroatoms. The van der Waals surface area contributed by atoms with Crippen molar-refractivity contribution in [2.24, 2.45) is 0 Å². The van der Waals surface area contributed by atoms with Crippen LogP contribution in [0.5, 0.6) is 11.5 Å². The van der Waals surface area contributed by atoms with Crippen LogP contribution >= 0.6 is 0 Å². The number of rotatable bonds is 8. The molecule has 9 nitrogen and oxygen atoms in total. The average molecular weight is 407 g/mol. The lowest BCUT2D eigenvalue weighted by atomic mass is 10.2. The third-order valence-electron chi connectivity index (χ3n) is 3.89. The Labute approximate surface area is 173 Å². The van der Waals surface area contributed by atoms with Gasteiger partial charge in [0.1, 0.15) is 0 Å². The molecule has 0 unspecified atom stereocenters. The van der Waals surface area contributed by atoms with Gasteiger partial charge in [0.15, 0.2) is 23.9 Å². The SMILES string of the molecule is COc1ccc(/C=C/C(=O)OCc2nc(N)nc(Nc3ccccc3)n2)cc1OC. The van der Waals surface area contributed by atoms with Crippen molar-refractivity contribution in [1.82, 2.24) is 15.0 Å². The Kier molecular flexibility index (Phi) is 6.78.